The number of carbonyl (C=O) groups excluding carboxylic acids is 1. The molecular formula is C20H29BrO2. The van der Waals surface area contributed by atoms with Crippen LogP contribution in [0.1, 0.15) is 59.3 Å². The molecule has 0 aromatic carbocycles. The van der Waals surface area contributed by atoms with E-state index in [0.29, 0.717) is 16.9 Å². The van der Waals surface area contributed by atoms with Gasteiger partial charge in [0.25, 0.3) is 0 Å². The number of carbonyl (C=O) groups is 1. The number of hydrogen-bond acceptors (Lipinski definition) is 2. The van der Waals surface area contributed by atoms with Gasteiger partial charge in [0.1, 0.15) is 6.10 Å². The van der Waals surface area contributed by atoms with Crippen LogP contribution in [0.2, 0.25) is 0 Å². The molecule has 0 amide bonds. The van der Waals surface area contributed by atoms with Gasteiger partial charge in [0.05, 0.1) is 0 Å². The molecule has 0 N–H and O–H groups in total. The first-order valence-corrected chi connectivity index (χ1v) is 9.99. The molecule has 23 heavy (non-hydrogen) atoms. The van der Waals surface area contributed by atoms with E-state index in [2.05, 4.69) is 48.3 Å². The molecule has 1 saturated heterocycles. The average molecular weight is 381 g/mol. The maximum atomic E-state index is 11.7. The summed E-state index contributed by atoms with van der Waals surface area (Å²) in [5.74, 6) is 2.04. The van der Waals surface area contributed by atoms with Crippen molar-refractivity contribution in [2.45, 2.75) is 65.4 Å². The standard InChI is InChI=1S/C20H29BrO2/c1-12(10-18-13(2)14(3)19(22)23-18)16-7-8-17-15(11-21)6-5-9-20(16,17)4/h11-13,16-18H,3,5-10H2,1-2,4H3/b15-11+/t12-,13-,16-,17+,18+,20-/m1/s1. The quantitative estimate of drug-likeness (QED) is 0.468. The first kappa shape index (κ1) is 17.3. The topological polar surface area (TPSA) is 26.3 Å². The molecule has 3 aliphatic rings. The lowest BCUT2D eigenvalue weighted by atomic mass is 9.61. The predicted molar refractivity (Wildman–Crippen MR) is 97.1 cm³/mol. The van der Waals surface area contributed by atoms with Gasteiger partial charge in [-0.2, -0.15) is 0 Å². The summed E-state index contributed by atoms with van der Waals surface area (Å²) >= 11 is 3.59. The molecule has 0 spiro atoms. The van der Waals surface area contributed by atoms with E-state index in [-0.39, 0.29) is 18.0 Å². The smallest absolute Gasteiger partial charge is 0.334 e. The van der Waals surface area contributed by atoms with E-state index >= 15 is 0 Å². The van der Waals surface area contributed by atoms with Crippen LogP contribution in [0.15, 0.2) is 22.7 Å². The fraction of sp³-hybridized carbons (Fsp3) is 0.750. The molecule has 0 unspecified atom stereocenters. The van der Waals surface area contributed by atoms with Crippen molar-refractivity contribution in [3.8, 4) is 0 Å². The molecular weight excluding hydrogens is 352 g/mol. The van der Waals surface area contributed by atoms with Crippen molar-refractivity contribution in [2.24, 2.45) is 29.1 Å². The molecule has 2 aliphatic carbocycles. The van der Waals surface area contributed by atoms with Crippen LogP contribution in [0.4, 0.5) is 0 Å². The Kier molecular flexibility index (Phi) is 4.79. The van der Waals surface area contributed by atoms with Gasteiger partial charge in [-0.3, -0.25) is 0 Å². The van der Waals surface area contributed by atoms with E-state index in [1.54, 1.807) is 5.57 Å². The number of hydrogen-bond donors (Lipinski definition) is 0. The van der Waals surface area contributed by atoms with Gasteiger partial charge >= 0.3 is 5.97 Å². The zero-order chi connectivity index (χ0) is 16.8. The molecule has 0 aromatic heterocycles. The Bertz CT molecular complexity index is 538. The second-order valence-corrected chi connectivity index (χ2v) is 8.71. The van der Waals surface area contributed by atoms with E-state index in [0.717, 1.165) is 18.3 Å². The summed E-state index contributed by atoms with van der Waals surface area (Å²) in [5, 5.41) is 0. The Labute approximate surface area is 148 Å². The summed E-state index contributed by atoms with van der Waals surface area (Å²) in [5.41, 5.74) is 2.68. The highest BCUT2D eigenvalue weighted by Gasteiger charge is 2.51. The van der Waals surface area contributed by atoms with Crippen molar-refractivity contribution >= 4 is 21.9 Å². The predicted octanol–water partition coefficient (Wildman–Crippen LogP) is 5.63. The third-order valence-corrected chi connectivity index (χ3v) is 7.69. The second kappa shape index (κ2) is 6.38. The van der Waals surface area contributed by atoms with Gasteiger partial charge in [-0.05, 0) is 66.7 Å². The Hall–Kier alpha value is -0.570. The summed E-state index contributed by atoms with van der Waals surface area (Å²) in [6, 6.07) is 0. The van der Waals surface area contributed by atoms with Gasteiger partial charge < -0.3 is 4.74 Å². The SMILES string of the molecule is C=C1C(=O)O[C@@H](C[C@@H](C)[C@H]2CC[C@H]3/C(=C/Br)CCC[C@]23C)[C@@H]1C. The molecule has 0 radical (unpaired) electrons. The molecule has 0 aromatic rings. The Balaban J connectivity index is 1.72. The number of halogens is 1. The summed E-state index contributed by atoms with van der Waals surface area (Å²) < 4.78 is 5.57. The van der Waals surface area contributed by atoms with Gasteiger partial charge in [0.2, 0.25) is 0 Å². The lowest BCUT2D eigenvalue weighted by molar-refractivity contribution is -0.140. The summed E-state index contributed by atoms with van der Waals surface area (Å²) in [4.78, 5) is 13.9. The number of fused-ring (bicyclic) bond motifs is 1. The average Bonchev–Trinajstić information content (AvgIpc) is 2.99. The summed E-state index contributed by atoms with van der Waals surface area (Å²) in [6.45, 7) is 10.8. The minimum Gasteiger partial charge on any atom is -0.458 e. The van der Waals surface area contributed by atoms with Crippen molar-refractivity contribution in [3.63, 3.8) is 0 Å². The lowest BCUT2D eigenvalue weighted by Gasteiger charge is -2.44. The zero-order valence-electron chi connectivity index (χ0n) is 14.6. The van der Waals surface area contributed by atoms with Crippen LogP contribution in [-0.4, -0.2) is 12.1 Å². The fourth-order valence-corrected chi connectivity index (χ4v) is 6.20. The molecule has 0 bridgehead atoms. The van der Waals surface area contributed by atoms with Gasteiger partial charge in [0, 0.05) is 11.5 Å². The maximum absolute atomic E-state index is 11.7. The lowest BCUT2D eigenvalue weighted by Crippen LogP contribution is -2.37. The largest absolute Gasteiger partial charge is 0.458 e. The normalized spacial score (nSPS) is 43.6. The number of ether oxygens (including phenoxy) is 1. The van der Waals surface area contributed by atoms with Crippen LogP contribution in [0.3, 0.4) is 0 Å². The summed E-state index contributed by atoms with van der Waals surface area (Å²) in [7, 11) is 0. The van der Waals surface area contributed by atoms with Crippen molar-refractivity contribution in [1.82, 2.24) is 0 Å². The molecule has 3 rings (SSSR count). The van der Waals surface area contributed by atoms with Crippen LogP contribution >= 0.6 is 15.9 Å². The number of allylic oxidation sites excluding steroid dienone is 1. The van der Waals surface area contributed by atoms with Crippen molar-refractivity contribution < 1.29 is 9.53 Å². The van der Waals surface area contributed by atoms with Gasteiger partial charge in [-0.15, -0.1) is 0 Å². The van der Waals surface area contributed by atoms with Crippen LogP contribution in [0.25, 0.3) is 0 Å². The van der Waals surface area contributed by atoms with Gasteiger partial charge in [-0.1, -0.05) is 48.9 Å². The van der Waals surface area contributed by atoms with Crippen LogP contribution in [0.5, 0.6) is 0 Å². The van der Waals surface area contributed by atoms with Gasteiger partial charge in [0.15, 0.2) is 0 Å². The van der Waals surface area contributed by atoms with E-state index in [1.165, 1.54) is 32.1 Å². The van der Waals surface area contributed by atoms with Crippen LogP contribution in [-0.2, 0) is 9.53 Å². The molecule has 2 saturated carbocycles. The number of rotatable bonds is 3. The summed E-state index contributed by atoms with van der Waals surface area (Å²) in [6.07, 6.45) is 7.53. The highest BCUT2D eigenvalue weighted by molar-refractivity contribution is 9.11. The van der Waals surface area contributed by atoms with E-state index in [9.17, 15) is 4.79 Å². The van der Waals surface area contributed by atoms with Crippen LogP contribution in [0, 0.1) is 29.1 Å². The Morgan fingerprint density at radius 3 is 2.83 bits per heavy atom. The Morgan fingerprint density at radius 1 is 1.48 bits per heavy atom. The molecule has 128 valence electrons. The molecule has 6 atom stereocenters. The van der Waals surface area contributed by atoms with Crippen molar-refractivity contribution in [3.05, 3.63) is 22.7 Å². The molecule has 3 heteroatoms. The zero-order valence-corrected chi connectivity index (χ0v) is 16.2. The minimum atomic E-state index is -0.188. The number of esters is 1. The van der Waals surface area contributed by atoms with Crippen molar-refractivity contribution in [2.75, 3.05) is 0 Å². The third-order valence-electron chi connectivity index (χ3n) is 7.10. The number of cyclic esters (lactones) is 1. The van der Waals surface area contributed by atoms with Crippen LogP contribution < -0.4 is 0 Å². The highest BCUT2D eigenvalue weighted by Crippen LogP contribution is 2.60. The third kappa shape index (κ3) is 2.83. The van der Waals surface area contributed by atoms with E-state index in [1.807, 2.05) is 0 Å². The Morgan fingerprint density at radius 2 is 2.22 bits per heavy atom. The first-order valence-electron chi connectivity index (χ1n) is 9.07. The minimum absolute atomic E-state index is 0.0300. The molecule has 3 fully saturated rings. The van der Waals surface area contributed by atoms with E-state index in [4.69, 9.17) is 4.74 Å². The first-order chi connectivity index (χ1) is 10.9. The maximum Gasteiger partial charge on any atom is 0.334 e. The highest BCUT2D eigenvalue weighted by atomic mass is 79.9. The monoisotopic (exact) mass is 380 g/mol. The second-order valence-electron chi connectivity index (χ2n) is 8.25. The molecule has 1 heterocycles. The fourth-order valence-electron chi connectivity index (χ4n) is 5.65. The van der Waals surface area contributed by atoms with E-state index < -0.39 is 0 Å². The molecule has 1 aliphatic heterocycles. The van der Waals surface area contributed by atoms with Gasteiger partial charge in [-0.25, -0.2) is 4.79 Å². The van der Waals surface area contributed by atoms with Crippen molar-refractivity contribution in [1.29, 1.82) is 0 Å². The molecule has 2 nitrogen and oxygen atoms in total.